The van der Waals surface area contributed by atoms with E-state index in [1.54, 1.807) is 29.5 Å². The lowest BCUT2D eigenvalue weighted by molar-refractivity contribution is 0.0935. The molecular formula is C19H15ClN2O3S. The van der Waals surface area contributed by atoms with Crippen molar-refractivity contribution in [2.24, 2.45) is 0 Å². The largest absolute Gasteiger partial charge is 0.464 e. The first-order valence-corrected chi connectivity index (χ1v) is 9.74. The Morgan fingerprint density at radius 2 is 2.00 bits per heavy atom. The highest BCUT2D eigenvalue weighted by molar-refractivity contribution is 7.16. The van der Waals surface area contributed by atoms with Crippen molar-refractivity contribution >= 4 is 44.8 Å². The number of carbonyl (C=O) groups excluding carboxylic acids is 1. The highest BCUT2D eigenvalue weighted by atomic mass is 35.5. The van der Waals surface area contributed by atoms with Crippen molar-refractivity contribution < 1.29 is 9.21 Å². The minimum atomic E-state index is -0.616. The highest BCUT2D eigenvalue weighted by Gasteiger charge is 2.33. The molecule has 1 atom stereocenters. The number of anilines is 1. The molecule has 0 saturated heterocycles. The number of thiophene rings is 1. The Morgan fingerprint density at radius 1 is 1.15 bits per heavy atom. The second kappa shape index (κ2) is 5.86. The van der Waals surface area contributed by atoms with Gasteiger partial charge in [0.25, 0.3) is 5.91 Å². The SMILES string of the molecule is O=C1NC(c2coc3ccc(Cl)cc3c2=O)Nc2sc3c(c21)CCCC3. The average Bonchev–Trinajstić information content (AvgIpc) is 3.01. The summed E-state index contributed by atoms with van der Waals surface area (Å²) in [5.74, 6) is -0.131. The van der Waals surface area contributed by atoms with Crippen LogP contribution in [0.4, 0.5) is 5.00 Å². The third kappa shape index (κ3) is 2.36. The smallest absolute Gasteiger partial charge is 0.256 e. The molecule has 0 fully saturated rings. The van der Waals surface area contributed by atoms with Crippen LogP contribution in [0.3, 0.4) is 0 Å². The van der Waals surface area contributed by atoms with E-state index in [9.17, 15) is 9.59 Å². The topological polar surface area (TPSA) is 71.3 Å². The molecule has 1 aliphatic heterocycles. The number of carbonyl (C=O) groups is 1. The van der Waals surface area contributed by atoms with Gasteiger partial charge >= 0.3 is 0 Å². The second-order valence-corrected chi connectivity index (χ2v) is 8.17. The van der Waals surface area contributed by atoms with E-state index in [0.717, 1.165) is 41.8 Å². The summed E-state index contributed by atoms with van der Waals surface area (Å²) in [6.45, 7) is 0. The fourth-order valence-electron chi connectivity index (χ4n) is 3.75. The summed E-state index contributed by atoms with van der Waals surface area (Å²) in [7, 11) is 0. The van der Waals surface area contributed by atoms with Crippen LogP contribution in [0.25, 0.3) is 11.0 Å². The zero-order valence-electron chi connectivity index (χ0n) is 13.7. The van der Waals surface area contributed by atoms with Crippen LogP contribution in [-0.2, 0) is 12.8 Å². The first-order chi connectivity index (χ1) is 12.6. The molecule has 1 unspecified atom stereocenters. The molecule has 2 N–H and O–H groups in total. The fourth-order valence-corrected chi connectivity index (χ4v) is 5.24. The summed E-state index contributed by atoms with van der Waals surface area (Å²) in [6, 6.07) is 4.93. The van der Waals surface area contributed by atoms with Gasteiger partial charge in [0.1, 0.15) is 23.0 Å². The van der Waals surface area contributed by atoms with Crippen LogP contribution < -0.4 is 16.1 Å². The van der Waals surface area contributed by atoms with Crippen molar-refractivity contribution in [3.8, 4) is 0 Å². The summed E-state index contributed by atoms with van der Waals surface area (Å²) in [5, 5.41) is 7.94. The molecule has 0 saturated carbocycles. The monoisotopic (exact) mass is 386 g/mol. The fraction of sp³-hybridized carbons (Fsp3) is 0.263. The Bertz CT molecular complexity index is 1120. The van der Waals surface area contributed by atoms with E-state index in [1.165, 1.54) is 11.1 Å². The van der Waals surface area contributed by atoms with E-state index < -0.39 is 6.17 Å². The predicted octanol–water partition coefficient (Wildman–Crippen LogP) is 4.24. The molecule has 132 valence electrons. The molecule has 1 amide bonds. The number of rotatable bonds is 1. The Morgan fingerprint density at radius 3 is 2.88 bits per heavy atom. The second-order valence-electron chi connectivity index (χ2n) is 6.63. The van der Waals surface area contributed by atoms with E-state index in [0.29, 0.717) is 21.6 Å². The van der Waals surface area contributed by atoms with Crippen molar-refractivity contribution in [2.75, 3.05) is 5.32 Å². The molecule has 1 aromatic carbocycles. The van der Waals surface area contributed by atoms with Crippen LogP contribution in [0, 0.1) is 0 Å². The van der Waals surface area contributed by atoms with Crippen LogP contribution in [-0.4, -0.2) is 5.91 Å². The molecule has 3 aromatic rings. The van der Waals surface area contributed by atoms with Crippen LogP contribution in [0.2, 0.25) is 5.02 Å². The number of halogens is 1. The van der Waals surface area contributed by atoms with Gasteiger partial charge in [-0.2, -0.15) is 0 Å². The van der Waals surface area contributed by atoms with Crippen molar-refractivity contribution in [1.29, 1.82) is 0 Å². The highest BCUT2D eigenvalue weighted by Crippen LogP contribution is 2.41. The van der Waals surface area contributed by atoms with E-state index in [2.05, 4.69) is 10.6 Å². The summed E-state index contributed by atoms with van der Waals surface area (Å²) < 4.78 is 5.59. The number of amides is 1. The lowest BCUT2D eigenvalue weighted by Crippen LogP contribution is -2.40. The number of hydrogen-bond acceptors (Lipinski definition) is 5. The van der Waals surface area contributed by atoms with E-state index in [-0.39, 0.29) is 11.3 Å². The average molecular weight is 387 g/mol. The molecular weight excluding hydrogens is 372 g/mol. The standard InChI is InChI=1S/C19H15ClN2O3S/c20-9-5-6-13-11(7-9)16(23)12(8-25-13)17-21-18(24)15-10-3-1-2-4-14(10)26-19(15)22-17/h5-8,17,22H,1-4H2,(H,21,24). The molecule has 7 heteroatoms. The van der Waals surface area contributed by atoms with Gasteiger partial charge < -0.3 is 15.1 Å². The van der Waals surface area contributed by atoms with E-state index >= 15 is 0 Å². The van der Waals surface area contributed by atoms with Crippen molar-refractivity contribution in [3.05, 3.63) is 61.3 Å². The number of nitrogens with one attached hydrogen (secondary N) is 2. The lowest BCUT2D eigenvalue weighted by Gasteiger charge is -2.26. The maximum absolute atomic E-state index is 12.9. The third-order valence-corrected chi connectivity index (χ3v) is 6.48. The van der Waals surface area contributed by atoms with Crippen molar-refractivity contribution in [3.63, 3.8) is 0 Å². The first-order valence-electron chi connectivity index (χ1n) is 8.55. The van der Waals surface area contributed by atoms with Crippen molar-refractivity contribution in [2.45, 2.75) is 31.8 Å². The van der Waals surface area contributed by atoms with Crippen LogP contribution in [0.1, 0.15) is 45.4 Å². The minimum absolute atomic E-state index is 0.131. The molecule has 5 rings (SSSR count). The summed E-state index contributed by atoms with van der Waals surface area (Å²) in [6.07, 6.45) is 5.03. The first kappa shape index (κ1) is 15.9. The van der Waals surface area contributed by atoms with Gasteiger partial charge in [-0.15, -0.1) is 11.3 Å². The number of hydrogen-bond donors (Lipinski definition) is 2. The third-order valence-electron chi connectivity index (χ3n) is 5.02. The Balaban J connectivity index is 1.59. The quantitative estimate of drug-likeness (QED) is 0.656. The van der Waals surface area contributed by atoms with Crippen LogP contribution in [0.5, 0.6) is 0 Å². The minimum Gasteiger partial charge on any atom is -0.464 e. The van der Waals surface area contributed by atoms with Crippen LogP contribution >= 0.6 is 22.9 Å². The zero-order valence-corrected chi connectivity index (χ0v) is 15.3. The molecule has 0 bridgehead atoms. The normalized spacial score (nSPS) is 18.8. The Hall–Kier alpha value is -2.31. The molecule has 2 aliphatic rings. The molecule has 0 spiro atoms. The molecule has 1 aliphatic carbocycles. The Kier molecular flexibility index (Phi) is 3.58. The number of benzene rings is 1. The van der Waals surface area contributed by atoms with Gasteiger partial charge in [0.15, 0.2) is 5.43 Å². The molecule has 0 radical (unpaired) electrons. The van der Waals surface area contributed by atoms with Gasteiger partial charge in [0.05, 0.1) is 16.5 Å². The zero-order chi connectivity index (χ0) is 17.8. The molecule has 26 heavy (non-hydrogen) atoms. The van der Waals surface area contributed by atoms with Gasteiger partial charge in [-0.25, -0.2) is 0 Å². The number of aryl methyl sites for hydroxylation is 1. The van der Waals surface area contributed by atoms with Crippen LogP contribution in [0.15, 0.2) is 33.7 Å². The van der Waals surface area contributed by atoms with Gasteiger partial charge in [0, 0.05) is 9.90 Å². The van der Waals surface area contributed by atoms with E-state index in [1.807, 2.05) is 0 Å². The summed E-state index contributed by atoms with van der Waals surface area (Å²) in [4.78, 5) is 26.9. The predicted molar refractivity (Wildman–Crippen MR) is 102 cm³/mol. The maximum atomic E-state index is 12.9. The van der Waals surface area contributed by atoms with Crippen molar-refractivity contribution in [1.82, 2.24) is 5.32 Å². The van der Waals surface area contributed by atoms with Gasteiger partial charge in [-0.1, -0.05) is 11.6 Å². The summed E-state index contributed by atoms with van der Waals surface area (Å²) in [5.41, 5.74) is 2.55. The molecule has 5 nitrogen and oxygen atoms in total. The van der Waals surface area contributed by atoms with Gasteiger partial charge in [-0.05, 0) is 49.4 Å². The number of fused-ring (bicyclic) bond motifs is 4. The maximum Gasteiger partial charge on any atom is 0.256 e. The van der Waals surface area contributed by atoms with Gasteiger partial charge in [-0.3, -0.25) is 9.59 Å². The van der Waals surface area contributed by atoms with E-state index in [4.69, 9.17) is 16.0 Å². The van der Waals surface area contributed by atoms with Gasteiger partial charge in [0.2, 0.25) is 0 Å². The molecule has 2 aromatic heterocycles. The molecule has 3 heterocycles. The Labute approximate surface area is 158 Å². The summed E-state index contributed by atoms with van der Waals surface area (Å²) >= 11 is 7.64. The lowest BCUT2D eigenvalue weighted by atomic mass is 9.94.